The van der Waals surface area contributed by atoms with E-state index in [0.29, 0.717) is 5.92 Å². The van der Waals surface area contributed by atoms with Crippen LogP contribution in [0.4, 0.5) is 5.82 Å². The number of para-hydroxylation sites is 1. The Morgan fingerprint density at radius 3 is 2.71 bits per heavy atom. The van der Waals surface area contributed by atoms with Crippen molar-refractivity contribution in [2.75, 3.05) is 11.9 Å². The number of anilines is 1. The van der Waals surface area contributed by atoms with Crippen LogP contribution in [0.15, 0.2) is 48.5 Å². The standard InChI is InChI=1S/C21H23N3/c1-14(2)17-9-4-5-10-19(17)24-21-18(11-12-22-21)20(23-24)16-8-6-7-15(3)13-16/h4-10,13-14,22H,11-12H2,1-3H3. The molecule has 0 spiro atoms. The van der Waals surface area contributed by atoms with Gasteiger partial charge in [-0.25, -0.2) is 4.68 Å². The van der Waals surface area contributed by atoms with Crippen LogP contribution < -0.4 is 5.32 Å². The second kappa shape index (κ2) is 5.82. The molecule has 1 aromatic heterocycles. The van der Waals surface area contributed by atoms with Gasteiger partial charge in [-0.2, -0.15) is 5.10 Å². The highest BCUT2D eigenvalue weighted by Crippen LogP contribution is 2.36. The molecule has 2 heterocycles. The molecule has 1 aliphatic rings. The molecule has 3 heteroatoms. The number of fused-ring (bicyclic) bond motifs is 1. The molecule has 4 rings (SSSR count). The molecule has 0 bridgehead atoms. The van der Waals surface area contributed by atoms with Gasteiger partial charge < -0.3 is 5.32 Å². The van der Waals surface area contributed by atoms with Crippen LogP contribution in [0, 0.1) is 6.92 Å². The Morgan fingerprint density at radius 1 is 1.08 bits per heavy atom. The normalized spacial score (nSPS) is 13.2. The van der Waals surface area contributed by atoms with Crippen molar-refractivity contribution >= 4 is 5.82 Å². The summed E-state index contributed by atoms with van der Waals surface area (Å²) in [5, 5.41) is 8.55. The number of hydrogen-bond donors (Lipinski definition) is 1. The van der Waals surface area contributed by atoms with E-state index >= 15 is 0 Å². The Morgan fingerprint density at radius 2 is 1.92 bits per heavy atom. The Hall–Kier alpha value is -2.55. The zero-order chi connectivity index (χ0) is 16.7. The highest BCUT2D eigenvalue weighted by atomic mass is 15.3. The predicted octanol–water partition coefficient (Wildman–Crippen LogP) is 4.94. The van der Waals surface area contributed by atoms with E-state index in [0.717, 1.165) is 24.5 Å². The van der Waals surface area contributed by atoms with Crippen molar-refractivity contribution in [2.24, 2.45) is 0 Å². The second-order valence-electron chi connectivity index (χ2n) is 6.85. The summed E-state index contributed by atoms with van der Waals surface area (Å²) < 4.78 is 2.11. The van der Waals surface area contributed by atoms with Crippen LogP contribution >= 0.6 is 0 Å². The number of aromatic nitrogens is 2. The number of rotatable bonds is 3. The molecule has 3 nitrogen and oxygen atoms in total. The van der Waals surface area contributed by atoms with Crippen molar-refractivity contribution in [1.82, 2.24) is 9.78 Å². The molecule has 0 atom stereocenters. The summed E-state index contributed by atoms with van der Waals surface area (Å²) in [6.45, 7) is 7.58. The van der Waals surface area contributed by atoms with Gasteiger partial charge in [0.25, 0.3) is 0 Å². The van der Waals surface area contributed by atoms with Gasteiger partial charge in [-0.3, -0.25) is 0 Å². The minimum absolute atomic E-state index is 0.463. The Labute approximate surface area is 143 Å². The smallest absolute Gasteiger partial charge is 0.133 e. The largest absolute Gasteiger partial charge is 0.369 e. The Bertz CT molecular complexity index is 890. The second-order valence-corrected chi connectivity index (χ2v) is 6.85. The lowest BCUT2D eigenvalue weighted by Crippen LogP contribution is -2.07. The van der Waals surface area contributed by atoms with E-state index in [4.69, 9.17) is 5.10 Å². The van der Waals surface area contributed by atoms with Crippen LogP contribution in [0.2, 0.25) is 0 Å². The third-order valence-electron chi connectivity index (χ3n) is 4.73. The fraction of sp³-hybridized carbons (Fsp3) is 0.286. The summed E-state index contributed by atoms with van der Waals surface area (Å²) in [6, 6.07) is 17.2. The zero-order valence-corrected chi connectivity index (χ0v) is 14.5. The molecule has 0 aliphatic carbocycles. The number of hydrogen-bond acceptors (Lipinski definition) is 2. The minimum atomic E-state index is 0.463. The number of nitrogens with zero attached hydrogens (tertiary/aromatic N) is 2. The first-order valence-corrected chi connectivity index (χ1v) is 8.67. The molecule has 0 fully saturated rings. The molecule has 0 amide bonds. The van der Waals surface area contributed by atoms with E-state index < -0.39 is 0 Å². The van der Waals surface area contributed by atoms with Gasteiger partial charge in [0.2, 0.25) is 0 Å². The fourth-order valence-corrected chi connectivity index (χ4v) is 3.54. The molecule has 1 N–H and O–H groups in total. The number of aryl methyl sites for hydroxylation is 1. The van der Waals surface area contributed by atoms with Gasteiger partial charge in [0.1, 0.15) is 5.82 Å². The van der Waals surface area contributed by atoms with Gasteiger partial charge in [-0.05, 0) is 37.0 Å². The topological polar surface area (TPSA) is 29.9 Å². The van der Waals surface area contributed by atoms with Gasteiger partial charge in [0.15, 0.2) is 0 Å². The molecule has 2 aromatic carbocycles. The van der Waals surface area contributed by atoms with Crippen LogP contribution in [-0.4, -0.2) is 16.3 Å². The first kappa shape index (κ1) is 15.0. The van der Waals surface area contributed by atoms with Gasteiger partial charge in [-0.15, -0.1) is 0 Å². The average molecular weight is 317 g/mol. The van der Waals surface area contributed by atoms with Gasteiger partial charge >= 0.3 is 0 Å². The predicted molar refractivity (Wildman–Crippen MR) is 100 cm³/mol. The lowest BCUT2D eigenvalue weighted by molar-refractivity contribution is 0.812. The minimum Gasteiger partial charge on any atom is -0.369 e. The van der Waals surface area contributed by atoms with E-state index in [-0.39, 0.29) is 0 Å². The number of benzene rings is 2. The van der Waals surface area contributed by atoms with Crippen molar-refractivity contribution in [2.45, 2.75) is 33.1 Å². The number of nitrogens with one attached hydrogen (secondary N) is 1. The first-order chi connectivity index (χ1) is 11.6. The Balaban J connectivity index is 1.92. The lowest BCUT2D eigenvalue weighted by atomic mass is 10.0. The van der Waals surface area contributed by atoms with Gasteiger partial charge in [0, 0.05) is 17.7 Å². The summed E-state index contributed by atoms with van der Waals surface area (Å²) in [5.74, 6) is 1.62. The average Bonchev–Trinajstić information content (AvgIpc) is 3.17. The maximum atomic E-state index is 5.01. The van der Waals surface area contributed by atoms with Crippen LogP contribution in [0.25, 0.3) is 16.9 Å². The Kier molecular flexibility index (Phi) is 3.64. The van der Waals surface area contributed by atoms with E-state index in [2.05, 4.69) is 79.3 Å². The van der Waals surface area contributed by atoms with Crippen molar-refractivity contribution in [1.29, 1.82) is 0 Å². The molecule has 0 saturated carbocycles. The molecular weight excluding hydrogens is 294 g/mol. The lowest BCUT2D eigenvalue weighted by Gasteiger charge is -2.14. The third kappa shape index (κ3) is 2.41. The maximum Gasteiger partial charge on any atom is 0.133 e. The first-order valence-electron chi connectivity index (χ1n) is 8.67. The molecule has 24 heavy (non-hydrogen) atoms. The monoisotopic (exact) mass is 317 g/mol. The molecule has 3 aromatic rings. The molecule has 0 saturated heterocycles. The highest BCUT2D eigenvalue weighted by molar-refractivity contribution is 5.73. The molecular formula is C21H23N3. The van der Waals surface area contributed by atoms with Gasteiger partial charge in [0.05, 0.1) is 11.4 Å². The fourth-order valence-electron chi connectivity index (χ4n) is 3.54. The van der Waals surface area contributed by atoms with Crippen molar-refractivity contribution in [3.63, 3.8) is 0 Å². The highest BCUT2D eigenvalue weighted by Gasteiger charge is 2.25. The molecule has 1 aliphatic heterocycles. The quantitative estimate of drug-likeness (QED) is 0.741. The summed E-state index contributed by atoms with van der Waals surface area (Å²) >= 11 is 0. The summed E-state index contributed by atoms with van der Waals surface area (Å²) in [4.78, 5) is 0. The van der Waals surface area contributed by atoms with E-state index in [1.165, 1.54) is 27.9 Å². The summed E-state index contributed by atoms with van der Waals surface area (Å²) in [5.41, 5.74) is 7.42. The third-order valence-corrected chi connectivity index (χ3v) is 4.73. The van der Waals surface area contributed by atoms with Crippen molar-refractivity contribution in [3.8, 4) is 16.9 Å². The molecule has 122 valence electrons. The zero-order valence-electron chi connectivity index (χ0n) is 14.5. The molecule has 0 radical (unpaired) electrons. The van der Waals surface area contributed by atoms with E-state index in [1.807, 2.05) is 0 Å². The van der Waals surface area contributed by atoms with Crippen molar-refractivity contribution < 1.29 is 0 Å². The molecule has 0 unspecified atom stereocenters. The van der Waals surface area contributed by atoms with Crippen LogP contribution in [0.3, 0.4) is 0 Å². The summed E-state index contributed by atoms with van der Waals surface area (Å²) in [6.07, 6.45) is 1.03. The van der Waals surface area contributed by atoms with Crippen LogP contribution in [0.5, 0.6) is 0 Å². The van der Waals surface area contributed by atoms with E-state index in [1.54, 1.807) is 0 Å². The SMILES string of the molecule is Cc1cccc(-c2nn(-c3ccccc3C(C)C)c3c2CCN3)c1. The summed E-state index contributed by atoms with van der Waals surface area (Å²) in [7, 11) is 0. The maximum absolute atomic E-state index is 5.01. The van der Waals surface area contributed by atoms with Crippen LogP contribution in [0.1, 0.15) is 36.5 Å². The van der Waals surface area contributed by atoms with E-state index in [9.17, 15) is 0 Å². The van der Waals surface area contributed by atoms with Crippen molar-refractivity contribution in [3.05, 3.63) is 65.2 Å². The van der Waals surface area contributed by atoms with Crippen LogP contribution in [-0.2, 0) is 6.42 Å². The van der Waals surface area contributed by atoms with Gasteiger partial charge in [-0.1, -0.05) is 55.8 Å².